The third-order valence-corrected chi connectivity index (χ3v) is 4.29. The zero-order valence-corrected chi connectivity index (χ0v) is 12.1. The molecule has 3 nitrogen and oxygen atoms in total. The molecule has 1 amide bonds. The van der Waals surface area contributed by atoms with Crippen molar-refractivity contribution in [3.63, 3.8) is 0 Å². The number of rotatable bonds is 6. The molecule has 0 spiro atoms. The van der Waals surface area contributed by atoms with Crippen LogP contribution in [0, 0.1) is 11.6 Å². The summed E-state index contributed by atoms with van der Waals surface area (Å²) in [5, 5.41) is 2.83. The second-order valence-electron chi connectivity index (χ2n) is 5.75. The third kappa shape index (κ3) is 3.59. The summed E-state index contributed by atoms with van der Waals surface area (Å²) in [6.07, 6.45) is 4.21. The highest BCUT2D eigenvalue weighted by molar-refractivity contribution is 5.76. The number of carbonyl (C=O) groups is 1. The number of halogens is 2. The van der Waals surface area contributed by atoms with E-state index in [1.54, 1.807) is 0 Å². The predicted molar refractivity (Wildman–Crippen MR) is 77.8 cm³/mol. The van der Waals surface area contributed by atoms with E-state index in [0.29, 0.717) is 32.2 Å². The highest BCUT2D eigenvalue weighted by Gasteiger charge is 2.40. The summed E-state index contributed by atoms with van der Waals surface area (Å²) in [6.45, 7) is 0.745. The number of hydrogen-bond acceptors (Lipinski definition) is 2. The number of carbonyl (C=O) groups excluding carboxylic acids is 1. The fourth-order valence-corrected chi connectivity index (χ4v) is 3.19. The van der Waals surface area contributed by atoms with E-state index in [0.717, 1.165) is 12.8 Å². The van der Waals surface area contributed by atoms with Crippen molar-refractivity contribution in [3.05, 3.63) is 35.4 Å². The van der Waals surface area contributed by atoms with Crippen LogP contribution in [0.15, 0.2) is 18.2 Å². The normalized spacial score (nSPS) is 16.9. The Kier molecular flexibility index (Phi) is 5.28. The molecule has 0 atom stereocenters. The Balaban J connectivity index is 2.16. The van der Waals surface area contributed by atoms with Gasteiger partial charge in [0.1, 0.15) is 11.6 Å². The van der Waals surface area contributed by atoms with Crippen LogP contribution in [-0.2, 0) is 10.2 Å². The zero-order valence-electron chi connectivity index (χ0n) is 12.1. The maximum Gasteiger partial charge on any atom is 0.220 e. The number of hydrogen-bond donors (Lipinski definition) is 2. The van der Waals surface area contributed by atoms with Gasteiger partial charge in [-0.1, -0.05) is 18.9 Å². The lowest BCUT2D eigenvalue weighted by atomic mass is 9.78. The number of amides is 1. The van der Waals surface area contributed by atoms with Crippen molar-refractivity contribution in [2.75, 3.05) is 13.1 Å². The summed E-state index contributed by atoms with van der Waals surface area (Å²) >= 11 is 0. The Hall–Kier alpha value is -1.49. The van der Waals surface area contributed by atoms with Gasteiger partial charge < -0.3 is 11.1 Å². The first-order valence-electron chi connectivity index (χ1n) is 7.50. The molecule has 2 rings (SSSR count). The smallest absolute Gasteiger partial charge is 0.220 e. The number of nitrogens with two attached hydrogens (primary N) is 1. The standard InChI is InChI=1S/C16H22F2N2O/c17-12-5-3-6-13(18)15(12)16(8-1-2-9-16)11-20-14(21)7-4-10-19/h3,5-6H,1-2,4,7-11,19H2,(H,20,21). The van der Waals surface area contributed by atoms with Crippen molar-refractivity contribution in [1.29, 1.82) is 0 Å². The third-order valence-electron chi connectivity index (χ3n) is 4.29. The van der Waals surface area contributed by atoms with E-state index in [-0.39, 0.29) is 18.0 Å². The Morgan fingerprint density at radius 1 is 1.24 bits per heavy atom. The van der Waals surface area contributed by atoms with E-state index >= 15 is 0 Å². The largest absolute Gasteiger partial charge is 0.355 e. The molecule has 0 saturated heterocycles. The second-order valence-corrected chi connectivity index (χ2v) is 5.75. The molecule has 21 heavy (non-hydrogen) atoms. The van der Waals surface area contributed by atoms with Gasteiger partial charge in [-0.05, 0) is 37.9 Å². The summed E-state index contributed by atoms with van der Waals surface area (Å²) in [6, 6.07) is 3.94. The molecule has 1 aliphatic carbocycles. The molecule has 0 bridgehead atoms. The molecular formula is C16H22F2N2O. The topological polar surface area (TPSA) is 55.1 Å². The molecule has 1 aromatic rings. The Labute approximate surface area is 123 Å². The summed E-state index contributed by atoms with van der Waals surface area (Å²) < 4.78 is 28.2. The van der Waals surface area contributed by atoms with Gasteiger partial charge in [-0.3, -0.25) is 4.79 Å². The molecule has 0 radical (unpaired) electrons. The lowest BCUT2D eigenvalue weighted by molar-refractivity contribution is -0.121. The van der Waals surface area contributed by atoms with Gasteiger partial charge in [-0.2, -0.15) is 0 Å². The van der Waals surface area contributed by atoms with Crippen LogP contribution >= 0.6 is 0 Å². The van der Waals surface area contributed by atoms with Gasteiger partial charge in [-0.15, -0.1) is 0 Å². The van der Waals surface area contributed by atoms with Gasteiger partial charge in [0.25, 0.3) is 0 Å². The van der Waals surface area contributed by atoms with Crippen LogP contribution in [0.4, 0.5) is 8.78 Å². The molecule has 5 heteroatoms. The van der Waals surface area contributed by atoms with E-state index in [1.165, 1.54) is 18.2 Å². The lowest BCUT2D eigenvalue weighted by Crippen LogP contribution is -2.40. The SMILES string of the molecule is NCCCC(=O)NCC1(c2c(F)cccc2F)CCCC1. The molecule has 1 saturated carbocycles. The number of benzene rings is 1. The van der Waals surface area contributed by atoms with Gasteiger partial charge in [0.15, 0.2) is 0 Å². The lowest BCUT2D eigenvalue weighted by Gasteiger charge is -2.30. The average molecular weight is 296 g/mol. The van der Waals surface area contributed by atoms with Gasteiger partial charge in [0.2, 0.25) is 5.91 Å². The summed E-state index contributed by atoms with van der Waals surface area (Å²) in [5.41, 5.74) is 4.88. The van der Waals surface area contributed by atoms with Gasteiger partial charge in [0.05, 0.1) is 0 Å². The minimum absolute atomic E-state index is 0.108. The predicted octanol–water partition coefficient (Wildman–Crippen LogP) is 2.63. The average Bonchev–Trinajstić information content (AvgIpc) is 2.92. The van der Waals surface area contributed by atoms with Crippen LogP contribution in [0.1, 0.15) is 44.1 Å². The number of nitrogens with one attached hydrogen (secondary N) is 1. The highest BCUT2D eigenvalue weighted by atomic mass is 19.1. The molecule has 1 fully saturated rings. The van der Waals surface area contributed by atoms with Crippen LogP contribution in [0.3, 0.4) is 0 Å². The van der Waals surface area contributed by atoms with Crippen molar-refractivity contribution < 1.29 is 13.6 Å². The minimum Gasteiger partial charge on any atom is -0.355 e. The van der Waals surface area contributed by atoms with Crippen LogP contribution in [0.2, 0.25) is 0 Å². The van der Waals surface area contributed by atoms with Crippen molar-refractivity contribution in [3.8, 4) is 0 Å². The van der Waals surface area contributed by atoms with Crippen molar-refractivity contribution in [2.24, 2.45) is 5.73 Å². The molecule has 116 valence electrons. The first kappa shape index (κ1) is 15.9. The fraction of sp³-hybridized carbons (Fsp3) is 0.562. The monoisotopic (exact) mass is 296 g/mol. The van der Waals surface area contributed by atoms with Gasteiger partial charge >= 0.3 is 0 Å². The van der Waals surface area contributed by atoms with Crippen LogP contribution < -0.4 is 11.1 Å². The van der Waals surface area contributed by atoms with Gasteiger partial charge in [0, 0.05) is 23.9 Å². The van der Waals surface area contributed by atoms with Crippen molar-refractivity contribution >= 4 is 5.91 Å². The zero-order chi connectivity index (χ0) is 15.3. The molecule has 0 aliphatic heterocycles. The maximum atomic E-state index is 14.1. The first-order chi connectivity index (χ1) is 10.1. The Morgan fingerprint density at radius 3 is 2.43 bits per heavy atom. The van der Waals surface area contributed by atoms with Crippen LogP contribution in [0.25, 0.3) is 0 Å². The van der Waals surface area contributed by atoms with E-state index in [9.17, 15) is 13.6 Å². The van der Waals surface area contributed by atoms with Crippen molar-refractivity contribution in [1.82, 2.24) is 5.32 Å². The Bertz CT molecular complexity index is 479. The fourth-order valence-electron chi connectivity index (χ4n) is 3.19. The molecule has 0 aromatic heterocycles. The van der Waals surface area contributed by atoms with E-state index < -0.39 is 17.0 Å². The second kappa shape index (κ2) is 6.98. The molecule has 3 N–H and O–H groups in total. The first-order valence-corrected chi connectivity index (χ1v) is 7.50. The van der Waals surface area contributed by atoms with Gasteiger partial charge in [-0.25, -0.2) is 8.78 Å². The van der Waals surface area contributed by atoms with Crippen LogP contribution in [0.5, 0.6) is 0 Å². The Morgan fingerprint density at radius 2 is 1.86 bits per heavy atom. The molecule has 0 unspecified atom stereocenters. The molecule has 0 heterocycles. The quantitative estimate of drug-likeness (QED) is 0.848. The summed E-state index contributed by atoms with van der Waals surface area (Å²) in [5.74, 6) is -1.15. The highest BCUT2D eigenvalue weighted by Crippen LogP contribution is 2.42. The van der Waals surface area contributed by atoms with E-state index in [2.05, 4.69) is 5.32 Å². The molecule has 1 aromatic carbocycles. The van der Waals surface area contributed by atoms with Crippen LogP contribution in [-0.4, -0.2) is 19.0 Å². The maximum absolute atomic E-state index is 14.1. The van der Waals surface area contributed by atoms with E-state index in [1.807, 2.05) is 0 Å². The van der Waals surface area contributed by atoms with E-state index in [4.69, 9.17) is 5.73 Å². The minimum atomic E-state index is -0.617. The summed E-state index contributed by atoms with van der Waals surface area (Å²) in [4.78, 5) is 11.7. The molecular weight excluding hydrogens is 274 g/mol. The van der Waals surface area contributed by atoms with Crippen molar-refractivity contribution in [2.45, 2.75) is 43.9 Å². The summed E-state index contributed by atoms with van der Waals surface area (Å²) in [7, 11) is 0. The molecule has 1 aliphatic rings.